The number of nitrogens with one attached hydrogen (secondary N) is 2. The maximum atomic E-state index is 14.9. The van der Waals surface area contributed by atoms with E-state index in [1.165, 1.54) is 12.4 Å². The van der Waals surface area contributed by atoms with E-state index in [1.54, 1.807) is 25.3 Å². The zero-order valence-corrected chi connectivity index (χ0v) is 15.6. The highest BCUT2D eigenvalue weighted by Crippen LogP contribution is 2.36. The summed E-state index contributed by atoms with van der Waals surface area (Å²) in [5, 5.41) is 7.04. The molecule has 0 unspecified atom stereocenters. The van der Waals surface area contributed by atoms with E-state index < -0.39 is 5.82 Å². The summed E-state index contributed by atoms with van der Waals surface area (Å²) >= 11 is 0. The van der Waals surface area contributed by atoms with Gasteiger partial charge in [0.15, 0.2) is 5.82 Å². The minimum absolute atomic E-state index is 0.00265. The first-order valence-electron chi connectivity index (χ1n) is 8.97. The summed E-state index contributed by atoms with van der Waals surface area (Å²) in [4.78, 5) is 20.5. The minimum atomic E-state index is -0.545. The summed E-state index contributed by atoms with van der Waals surface area (Å²) in [5.74, 6) is -0.287. The molecule has 3 aromatic rings. The van der Waals surface area contributed by atoms with E-state index in [2.05, 4.69) is 20.6 Å². The van der Waals surface area contributed by atoms with Crippen molar-refractivity contribution in [3.8, 4) is 11.1 Å². The van der Waals surface area contributed by atoms with E-state index in [-0.39, 0.29) is 23.6 Å². The summed E-state index contributed by atoms with van der Waals surface area (Å²) in [7, 11) is 1.83. The predicted octanol–water partition coefficient (Wildman–Crippen LogP) is 2.46. The van der Waals surface area contributed by atoms with Crippen LogP contribution in [0.15, 0.2) is 30.7 Å². The van der Waals surface area contributed by atoms with Gasteiger partial charge in [0.25, 0.3) is 0 Å². The molecular weight excluding hydrogens is 359 g/mol. The number of hydrogen-bond donors (Lipinski definition) is 4. The molecule has 0 saturated heterocycles. The van der Waals surface area contributed by atoms with Crippen LogP contribution in [0, 0.1) is 18.7 Å². The van der Waals surface area contributed by atoms with Gasteiger partial charge in [-0.15, -0.1) is 0 Å². The molecule has 2 aromatic heterocycles. The largest absolute Gasteiger partial charge is 0.397 e. The molecule has 1 aliphatic carbocycles. The number of rotatable bonds is 4. The van der Waals surface area contributed by atoms with Crippen LogP contribution in [0.4, 0.5) is 21.6 Å². The van der Waals surface area contributed by atoms with Gasteiger partial charge in [-0.1, -0.05) is 0 Å². The van der Waals surface area contributed by atoms with Gasteiger partial charge in [-0.25, -0.2) is 9.37 Å². The number of nitrogens with zero attached hydrogens (tertiary/aromatic N) is 2. The van der Waals surface area contributed by atoms with Crippen LogP contribution in [0.5, 0.6) is 0 Å². The lowest BCUT2D eigenvalue weighted by Crippen LogP contribution is -2.21. The molecule has 1 fully saturated rings. The summed E-state index contributed by atoms with van der Waals surface area (Å²) in [5.41, 5.74) is 14.0. The number of nitrogens with two attached hydrogens (primary N) is 2. The first-order valence-corrected chi connectivity index (χ1v) is 8.97. The van der Waals surface area contributed by atoms with Gasteiger partial charge >= 0.3 is 0 Å². The van der Waals surface area contributed by atoms with Gasteiger partial charge in [0, 0.05) is 34.9 Å². The number of anilines is 3. The molecule has 1 amide bonds. The molecule has 1 aliphatic rings. The zero-order valence-electron chi connectivity index (χ0n) is 15.6. The number of pyridine rings is 2. The molecule has 28 heavy (non-hydrogen) atoms. The lowest BCUT2D eigenvalue weighted by molar-refractivity contribution is -0.117. The average molecular weight is 380 g/mol. The quantitative estimate of drug-likeness (QED) is 0.516. The third kappa shape index (κ3) is 3.01. The van der Waals surface area contributed by atoms with Crippen LogP contribution < -0.4 is 22.1 Å². The highest BCUT2D eigenvalue weighted by atomic mass is 19.1. The first-order chi connectivity index (χ1) is 13.4. The molecule has 0 bridgehead atoms. The van der Waals surface area contributed by atoms with Crippen molar-refractivity contribution >= 4 is 33.9 Å². The molecule has 0 aliphatic heterocycles. The van der Waals surface area contributed by atoms with Crippen molar-refractivity contribution in [2.75, 3.05) is 23.8 Å². The van der Waals surface area contributed by atoms with Crippen LogP contribution >= 0.6 is 0 Å². The van der Waals surface area contributed by atoms with Crippen molar-refractivity contribution in [3.63, 3.8) is 0 Å². The van der Waals surface area contributed by atoms with Crippen LogP contribution in [0.2, 0.25) is 0 Å². The van der Waals surface area contributed by atoms with Gasteiger partial charge in [0.1, 0.15) is 5.82 Å². The Morgan fingerprint density at radius 3 is 2.71 bits per heavy atom. The van der Waals surface area contributed by atoms with Crippen LogP contribution in [0.1, 0.15) is 12.0 Å². The summed E-state index contributed by atoms with van der Waals surface area (Å²) < 4.78 is 14.9. The maximum absolute atomic E-state index is 14.9. The van der Waals surface area contributed by atoms with E-state index in [4.69, 9.17) is 11.5 Å². The van der Waals surface area contributed by atoms with Crippen molar-refractivity contribution in [2.24, 2.45) is 5.92 Å². The van der Waals surface area contributed by atoms with E-state index in [9.17, 15) is 9.18 Å². The van der Waals surface area contributed by atoms with Gasteiger partial charge in [0.05, 0.1) is 23.5 Å². The molecular formula is C20H21FN6O. The Morgan fingerprint density at radius 1 is 1.21 bits per heavy atom. The van der Waals surface area contributed by atoms with Crippen LogP contribution in [-0.2, 0) is 4.79 Å². The zero-order chi connectivity index (χ0) is 20.0. The summed E-state index contributed by atoms with van der Waals surface area (Å²) in [6, 6.07) is 3.57. The number of benzene rings is 1. The van der Waals surface area contributed by atoms with Crippen molar-refractivity contribution in [2.45, 2.75) is 19.4 Å². The molecule has 2 heterocycles. The number of nitrogen functional groups attached to an aromatic ring is 2. The molecule has 6 N–H and O–H groups in total. The predicted molar refractivity (Wildman–Crippen MR) is 108 cm³/mol. The van der Waals surface area contributed by atoms with Crippen LogP contribution in [-0.4, -0.2) is 29.0 Å². The van der Waals surface area contributed by atoms with E-state index in [0.29, 0.717) is 33.4 Å². The molecule has 4 rings (SSSR count). The Labute approximate surface area is 161 Å². The molecule has 0 spiro atoms. The van der Waals surface area contributed by atoms with Crippen molar-refractivity contribution in [3.05, 3.63) is 42.1 Å². The highest BCUT2D eigenvalue weighted by molar-refractivity contribution is 6.00. The van der Waals surface area contributed by atoms with Crippen molar-refractivity contribution in [1.82, 2.24) is 15.3 Å². The second-order valence-corrected chi connectivity index (χ2v) is 7.07. The highest BCUT2D eigenvalue weighted by Gasteiger charge is 2.41. The summed E-state index contributed by atoms with van der Waals surface area (Å²) in [6.07, 6.45) is 5.36. The van der Waals surface area contributed by atoms with Crippen molar-refractivity contribution in [1.29, 1.82) is 0 Å². The Bertz CT molecular complexity index is 1100. The number of halogens is 1. The van der Waals surface area contributed by atoms with E-state index >= 15 is 0 Å². The Balaban J connectivity index is 1.75. The third-order valence-corrected chi connectivity index (χ3v) is 5.29. The van der Waals surface area contributed by atoms with E-state index in [0.717, 1.165) is 12.0 Å². The average Bonchev–Trinajstić information content (AvgIpc) is 3.47. The molecule has 144 valence electrons. The Hall–Kier alpha value is -3.26. The Morgan fingerprint density at radius 2 is 2.00 bits per heavy atom. The monoisotopic (exact) mass is 380 g/mol. The maximum Gasteiger partial charge on any atom is 0.230 e. The molecule has 8 heteroatoms. The lowest BCUT2D eigenvalue weighted by atomic mass is 9.97. The fourth-order valence-corrected chi connectivity index (χ4v) is 3.40. The first kappa shape index (κ1) is 18.1. The van der Waals surface area contributed by atoms with Gasteiger partial charge in [0.2, 0.25) is 5.91 Å². The fraction of sp³-hybridized carbons (Fsp3) is 0.250. The number of aromatic nitrogens is 2. The van der Waals surface area contributed by atoms with E-state index in [1.807, 2.05) is 7.05 Å². The minimum Gasteiger partial charge on any atom is -0.397 e. The van der Waals surface area contributed by atoms with Crippen LogP contribution in [0.25, 0.3) is 21.9 Å². The number of amides is 1. The molecule has 2 atom stereocenters. The topological polar surface area (TPSA) is 119 Å². The molecule has 0 radical (unpaired) electrons. The second-order valence-electron chi connectivity index (χ2n) is 7.07. The van der Waals surface area contributed by atoms with Crippen LogP contribution in [0.3, 0.4) is 0 Å². The van der Waals surface area contributed by atoms with Crippen molar-refractivity contribution < 1.29 is 9.18 Å². The summed E-state index contributed by atoms with van der Waals surface area (Å²) in [6.45, 7) is 1.80. The van der Waals surface area contributed by atoms with Gasteiger partial charge in [-0.3, -0.25) is 9.78 Å². The standard InChI is InChI=1S/C20H21FN6O/c1-9-13(6-25-8-15(9)22)11-3-10-4-17(26-7-14(10)19(23)18(11)21)27-20(28)12-5-16(12)24-2/h3-4,6-8,12,16,24H,5,22-23H2,1-2H3,(H,26,27,28)/t12-,16-/m0/s1. The normalized spacial score (nSPS) is 18.2. The molecule has 1 saturated carbocycles. The fourth-order valence-electron chi connectivity index (χ4n) is 3.40. The third-order valence-electron chi connectivity index (χ3n) is 5.29. The lowest BCUT2D eigenvalue weighted by Gasteiger charge is -2.13. The van der Waals surface area contributed by atoms with Gasteiger partial charge < -0.3 is 22.1 Å². The van der Waals surface area contributed by atoms with Gasteiger partial charge in [-0.2, -0.15) is 0 Å². The smallest absolute Gasteiger partial charge is 0.230 e. The Kier molecular flexibility index (Phi) is 4.35. The number of fused-ring (bicyclic) bond motifs is 1. The second kappa shape index (κ2) is 6.72. The number of carbonyl (C=O) groups is 1. The molecule has 1 aromatic carbocycles. The number of hydrogen-bond acceptors (Lipinski definition) is 6. The molecule has 7 nitrogen and oxygen atoms in total. The SMILES string of the molecule is CN[C@H]1C[C@@H]1C(=O)Nc1cc2cc(-c3cncc(N)c3C)c(F)c(N)c2cn1. The van der Waals surface area contributed by atoms with Gasteiger partial charge in [-0.05, 0) is 43.5 Å². The number of carbonyl (C=O) groups excluding carboxylic acids is 1.